The van der Waals surface area contributed by atoms with Crippen LogP contribution in [0, 0.1) is 0 Å². The number of methoxy groups -OCH3 is 2. The number of hydrogen-bond donors (Lipinski definition) is 1. The van der Waals surface area contributed by atoms with Crippen molar-refractivity contribution in [2.45, 2.75) is 25.8 Å². The quantitative estimate of drug-likeness (QED) is 0.801. The summed E-state index contributed by atoms with van der Waals surface area (Å²) in [5, 5.41) is 0.504. The number of rotatable bonds is 6. The fraction of sp³-hybridized carbons (Fsp3) is 0.429. The van der Waals surface area contributed by atoms with E-state index in [1.54, 1.807) is 14.2 Å². The average Bonchev–Trinajstić information content (AvgIpc) is 2.37. The molecule has 4 heteroatoms. The zero-order valence-electron chi connectivity index (χ0n) is 11.1. The molecular formula is C14H20ClNO2. The van der Waals surface area contributed by atoms with Crippen LogP contribution in [0.4, 0.5) is 0 Å². The lowest BCUT2D eigenvalue weighted by Crippen LogP contribution is -2.11. The number of nitrogens with two attached hydrogens (primary N) is 1. The highest BCUT2D eigenvalue weighted by molar-refractivity contribution is 6.32. The first kappa shape index (κ1) is 14.9. The van der Waals surface area contributed by atoms with Crippen molar-refractivity contribution < 1.29 is 9.47 Å². The van der Waals surface area contributed by atoms with Crippen LogP contribution in [0.2, 0.25) is 5.02 Å². The Morgan fingerprint density at radius 2 is 2.06 bits per heavy atom. The molecular weight excluding hydrogens is 250 g/mol. The third-order valence-corrected chi connectivity index (χ3v) is 3.17. The van der Waals surface area contributed by atoms with Crippen molar-refractivity contribution in [2.75, 3.05) is 14.2 Å². The van der Waals surface area contributed by atoms with Gasteiger partial charge in [0.2, 0.25) is 0 Å². The lowest BCUT2D eigenvalue weighted by molar-refractivity contribution is 0.354. The molecule has 18 heavy (non-hydrogen) atoms. The van der Waals surface area contributed by atoms with Crippen LogP contribution < -0.4 is 15.2 Å². The summed E-state index contributed by atoms with van der Waals surface area (Å²) in [5.74, 6) is 1.13. The van der Waals surface area contributed by atoms with E-state index < -0.39 is 0 Å². The largest absolute Gasteiger partial charge is 0.493 e. The summed E-state index contributed by atoms with van der Waals surface area (Å²) in [5.41, 5.74) is 8.18. The molecule has 0 heterocycles. The molecule has 0 aliphatic carbocycles. The van der Waals surface area contributed by atoms with Crippen molar-refractivity contribution in [3.05, 3.63) is 34.9 Å². The van der Waals surface area contributed by atoms with E-state index in [4.69, 9.17) is 26.8 Å². The van der Waals surface area contributed by atoms with Gasteiger partial charge in [-0.1, -0.05) is 30.7 Å². The maximum Gasteiger partial charge on any atom is 0.179 e. The Hall–Kier alpha value is -1.19. The third-order valence-electron chi connectivity index (χ3n) is 2.89. The Labute approximate surface area is 114 Å². The summed E-state index contributed by atoms with van der Waals surface area (Å²) in [4.78, 5) is 0. The molecule has 1 atom stereocenters. The molecule has 0 radical (unpaired) electrons. The molecule has 0 aromatic heterocycles. The van der Waals surface area contributed by atoms with Crippen molar-refractivity contribution in [1.29, 1.82) is 0 Å². The highest BCUT2D eigenvalue weighted by Crippen LogP contribution is 2.38. The minimum Gasteiger partial charge on any atom is -0.493 e. The molecule has 3 nitrogen and oxygen atoms in total. The summed E-state index contributed by atoms with van der Waals surface area (Å²) in [6, 6.07) is 3.55. The highest BCUT2D eigenvalue weighted by atomic mass is 35.5. The van der Waals surface area contributed by atoms with E-state index in [-0.39, 0.29) is 6.04 Å². The Morgan fingerprint density at radius 3 is 2.56 bits per heavy atom. The van der Waals surface area contributed by atoms with E-state index in [2.05, 4.69) is 13.5 Å². The molecule has 0 bridgehead atoms. The number of halogens is 1. The maximum absolute atomic E-state index is 6.14. The first-order valence-electron chi connectivity index (χ1n) is 5.87. The van der Waals surface area contributed by atoms with Crippen LogP contribution in [0.25, 0.3) is 0 Å². The van der Waals surface area contributed by atoms with Crippen molar-refractivity contribution in [3.63, 3.8) is 0 Å². The van der Waals surface area contributed by atoms with E-state index in [1.807, 2.05) is 12.1 Å². The summed E-state index contributed by atoms with van der Waals surface area (Å²) in [7, 11) is 3.14. The number of benzene rings is 1. The predicted octanol–water partition coefficient (Wildman–Crippen LogP) is 3.71. The van der Waals surface area contributed by atoms with Crippen LogP contribution in [0.15, 0.2) is 24.3 Å². The minimum absolute atomic E-state index is 0.130. The Bertz CT molecular complexity index is 432. The van der Waals surface area contributed by atoms with Gasteiger partial charge in [0.1, 0.15) is 0 Å². The summed E-state index contributed by atoms with van der Waals surface area (Å²) < 4.78 is 10.4. The second-order valence-electron chi connectivity index (χ2n) is 4.15. The van der Waals surface area contributed by atoms with E-state index in [9.17, 15) is 0 Å². The van der Waals surface area contributed by atoms with Crippen LogP contribution in [0.3, 0.4) is 0 Å². The Morgan fingerprint density at radius 1 is 1.39 bits per heavy atom. The molecule has 1 unspecified atom stereocenters. The van der Waals surface area contributed by atoms with E-state index >= 15 is 0 Å². The SMILES string of the molecule is C=C(CC)CC(N)c1cc(Cl)c(OC)c(OC)c1. The normalized spacial score (nSPS) is 12.1. The topological polar surface area (TPSA) is 44.5 Å². The fourth-order valence-electron chi connectivity index (χ4n) is 1.73. The van der Waals surface area contributed by atoms with E-state index in [1.165, 1.54) is 0 Å². The van der Waals surface area contributed by atoms with Gasteiger partial charge in [-0.05, 0) is 30.5 Å². The van der Waals surface area contributed by atoms with Gasteiger partial charge in [0, 0.05) is 6.04 Å². The lowest BCUT2D eigenvalue weighted by Gasteiger charge is -2.17. The van der Waals surface area contributed by atoms with E-state index in [0.717, 1.165) is 24.0 Å². The van der Waals surface area contributed by atoms with Gasteiger partial charge < -0.3 is 15.2 Å². The van der Waals surface area contributed by atoms with Crippen molar-refractivity contribution in [3.8, 4) is 11.5 Å². The number of ether oxygens (including phenoxy) is 2. The fourth-order valence-corrected chi connectivity index (χ4v) is 2.02. The summed E-state index contributed by atoms with van der Waals surface area (Å²) >= 11 is 6.14. The van der Waals surface area contributed by atoms with Gasteiger partial charge in [0.25, 0.3) is 0 Å². The van der Waals surface area contributed by atoms with Gasteiger partial charge in [-0.25, -0.2) is 0 Å². The zero-order valence-corrected chi connectivity index (χ0v) is 11.9. The molecule has 0 fully saturated rings. The Balaban J connectivity index is 3.03. The third kappa shape index (κ3) is 3.40. The highest BCUT2D eigenvalue weighted by Gasteiger charge is 2.15. The molecule has 100 valence electrons. The van der Waals surface area contributed by atoms with Gasteiger partial charge in [-0.15, -0.1) is 0 Å². The van der Waals surface area contributed by atoms with Crippen molar-refractivity contribution >= 4 is 11.6 Å². The van der Waals surface area contributed by atoms with Gasteiger partial charge in [0.05, 0.1) is 19.2 Å². The van der Waals surface area contributed by atoms with Crippen LogP contribution in [0.5, 0.6) is 11.5 Å². The second kappa shape index (κ2) is 6.66. The van der Waals surface area contributed by atoms with Gasteiger partial charge >= 0.3 is 0 Å². The van der Waals surface area contributed by atoms with Crippen LogP contribution in [0.1, 0.15) is 31.4 Å². The molecule has 0 spiro atoms. The predicted molar refractivity (Wildman–Crippen MR) is 75.5 cm³/mol. The van der Waals surface area contributed by atoms with Crippen molar-refractivity contribution in [2.24, 2.45) is 5.73 Å². The van der Waals surface area contributed by atoms with E-state index in [0.29, 0.717) is 16.5 Å². The molecule has 0 aliphatic rings. The first-order chi connectivity index (χ1) is 8.53. The molecule has 1 aromatic rings. The average molecular weight is 270 g/mol. The maximum atomic E-state index is 6.14. The van der Waals surface area contributed by atoms with Crippen LogP contribution >= 0.6 is 11.6 Å². The van der Waals surface area contributed by atoms with Crippen LogP contribution in [-0.2, 0) is 0 Å². The monoisotopic (exact) mass is 269 g/mol. The van der Waals surface area contributed by atoms with Crippen molar-refractivity contribution in [1.82, 2.24) is 0 Å². The molecule has 0 amide bonds. The molecule has 1 rings (SSSR count). The molecule has 0 saturated heterocycles. The zero-order chi connectivity index (χ0) is 13.7. The molecule has 0 aliphatic heterocycles. The standard InChI is InChI=1S/C14H20ClNO2/c1-5-9(2)6-12(16)10-7-11(15)14(18-4)13(8-10)17-3/h7-8,12H,2,5-6,16H2,1,3-4H3. The van der Waals surface area contributed by atoms with Gasteiger partial charge in [-0.3, -0.25) is 0 Å². The Kier molecular flexibility index (Phi) is 5.51. The molecule has 2 N–H and O–H groups in total. The lowest BCUT2D eigenvalue weighted by atomic mass is 9.99. The number of hydrogen-bond acceptors (Lipinski definition) is 3. The molecule has 0 saturated carbocycles. The minimum atomic E-state index is -0.130. The summed E-state index contributed by atoms with van der Waals surface area (Å²) in [6.07, 6.45) is 1.66. The van der Waals surface area contributed by atoms with Gasteiger partial charge in [-0.2, -0.15) is 0 Å². The smallest absolute Gasteiger partial charge is 0.179 e. The van der Waals surface area contributed by atoms with Crippen LogP contribution in [-0.4, -0.2) is 14.2 Å². The van der Waals surface area contributed by atoms with Gasteiger partial charge in [0.15, 0.2) is 11.5 Å². The first-order valence-corrected chi connectivity index (χ1v) is 6.24. The molecule has 1 aromatic carbocycles. The summed E-state index contributed by atoms with van der Waals surface area (Å²) in [6.45, 7) is 6.03. The second-order valence-corrected chi connectivity index (χ2v) is 4.56.